The van der Waals surface area contributed by atoms with Crippen molar-refractivity contribution in [2.45, 2.75) is 45.2 Å². The number of hydrogen-bond donors (Lipinski definition) is 0. The molecule has 12 nitrogen and oxygen atoms in total. The molecular weight excluding hydrogens is 500 g/mol. The summed E-state index contributed by atoms with van der Waals surface area (Å²) in [4.78, 5) is 38.9. The Morgan fingerprint density at radius 3 is 2.50 bits per heavy atom. The largest absolute Gasteiger partial charge is 0.468 e. The molecule has 1 fully saturated rings. The minimum Gasteiger partial charge on any atom is -0.468 e. The standard InChI is InChI=1S/C26H32N2O10/c1-5-35-24(29)23-22(20-15-19(11-12-21(20)28(31)32)37-17-34-14-13-33-4)27(26(2,3)38-23)25(30)36-16-18-9-7-6-8-10-18/h6-12,15,22-23H,5,13-14,16-17H2,1-4H3/t22-,23+/m0/s1. The summed E-state index contributed by atoms with van der Waals surface area (Å²) >= 11 is 0. The normalized spacial score (nSPS) is 18.2. The van der Waals surface area contributed by atoms with Crippen LogP contribution in [0.5, 0.6) is 5.75 Å². The zero-order valence-electron chi connectivity index (χ0n) is 21.8. The first kappa shape index (κ1) is 28.8. The summed E-state index contributed by atoms with van der Waals surface area (Å²) < 4.78 is 32.5. The van der Waals surface area contributed by atoms with Gasteiger partial charge in [-0.25, -0.2) is 9.59 Å². The number of amides is 1. The maximum absolute atomic E-state index is 13.4. The third-order valence-electron chi connectivity index (χ3n) is 5.74. The first-order valence-electron chi connectivity index (χ1n) is 12.0. The molecule has 1 amide bonds. The minimum atomic E-state index is -1.37. The van der Waals surface area contributed by atoms with Crippen molar-refractivity contribution in [3.05, 3.63) is 69.8 Å². The monoisotopic (exact) mass is 532 g/mol. The van der Waals surface area contributed by atoms with Gasteiger partial charge in [0, 0.05) is 13.2 Å². The number of carbonyl (C=O) groups is 2. The molecule has 1 saturated heterocycles. The molecule has 12 heteroatoms. The lowest BCUT2D eigenvalue weighted by atomic mass is 9.98. The third kappa shape index (κ3) is 6.97. The van der Waals surface area contributed by atoms with E-state index in [1.165, 1.54) is 30.2 Å². The number of methoxy groups -OCH3 is 1. The van der Waals surface area contributed by atoms with Crippen molar-refractivity contribution < 1.29 is 42.9 Å². The van der Waals surface area contributed by atoms with Crippen LogP contribution in [0.4, 0.5) is 10.5 Å². The lowest BCUT2D eigenvalue weighted by molar-refractivity contribution is -0.386. The molecule has 0 bridgehead atoms. The highest BCUT2D eigenvalue weighted by molar-refractivity contribution is 5.80. The Kier molecular flexibility index (Phi) is 9.99. The van der Waals surface area contributed by atoms with Crippen molar-refractivity contribution in [2.75, 3.05) is 33.7 Å². The highest BCUT2D eigenvalue weighted by Gasteiger charge is 2.56. The number of esters is 1. The number of carbonyl (C=O) groups excluding carboxylic acids is 2. The number of ether oxygens (including phenoxy) is 6. The highest BCUT2D eigenvalue weighted by atomic mass is 16.7. The molecule has 2 aromatic rings. The van der Waals surface area contributed by atoms with Gasteiger partial charge in [-0.05, 0) is 38.5 Å². The van der Waals surface area contributed by atoms with E-state index < -0.39 is 34.9 Å². The summed E-state index contributed by atoms with van der Waals surface area (Å²) in [5.74, 6) is -0.541. The van der Waals surface area contributed by atoms with Crippen LogP contribution in [0.1, 0.15) is 37.9 Å². The van der Waals surface area contributed by atoms with Crippen molar-refractivity contribution >= 4 is 17.7 Å². The molecule has 1 aliphatic heterocycles. The molecular formula is C26H32N2O10. The second-order valence-electron chi connectivity index (χ2n) is 8.73. The lowest BCUT2D eigenvalue weighted by Crippen LogP contribution is -2.45. The van der Waals surface area contributed by atoms with Gasteiger partial charge in [-0.2, -0.15) is 0 Å². The maximum Gasteiger partial charge on any atom is 0.413 e. The second-order valence-corrected chi connectivity index (χ2v) is 8.73. The van der Waals surface area contributed by atoms with Crippen molar-refractivity contribution in [1.82, 2.24) is 4.90 Å². The fourth-order valence-electron chi connectivity index (χ4n) is 4.06. The molecule has 2 aromatic carbocycles. The zero-order valence-corrected chi connectivity index (χ0v) is 21.8. The SMILES string of the molecule is CCOC(=O)[C@@H]1OC(C)(C)N(C(=O)OCc2ccccc2)[C@H]1c1cc(OCOCCOC)ccc1[N+](=O)[O-]. The average molecular weight is 533 g/mol. The summed E-state index contributed by atoms with van der Waals surface area (Å²) in [6, 6.07) is 11.8. The van der Waals surface area contributed by atoms with Gasteiger partial charge in [0.15, 0.2) is 12.9 Å². The number of nitro groups is 1. The Hall–Kier alpha value is -3.74. The second kappa shape index (κ2) is 13.2. The summed E-state index contributed by atoms with van der Waals surface area (Å²) in [6.45, 7) is 5.27. The van der Waals surface area contributed by atoms with Crippen LogP contribution in [0.2, 0.25) is 0 Å². The molecule has 1 heterocycles. The Morgan fingerprint density at radius 1 is 1.11 bits per heavy atom. The molecule has 0 unspecified atom stereocenters. The van der Waals surface area contributed by atoms with Crippen LogP contribution < -0.4 is 4.74 Å². The number of rotatable bonds is 12. The van der Waals surface area contributed by atoms with E-state index in [0.29, 0.717) is 6.61 Å². The van der Waals surface area contributed by atoms with Gasteiger partial charge in [-0.15, -0.1) is 0 Å². The molecule has 0 N–H and O–H groups in total. The summed E-state index contributed by atoms with van der Waals surface area (Å²) in [5.41, 5.74) is -0.944. The van der Waals surface area contributed by atoms with Crippen LogP contribution in [0.15, 0.2) is 48.5 Å². The molecule has 3 rings (SSSR count). The van der Waals surface area contributed by atoms with Crippen molar-refractivity contribution in [2.24, 2.45) is 0 Å². The average Bonchev–Trinajstić information content (AvgIpc) is 3.18. The molecule has 206 valence electrons. The molecule has 2 atom stereocenters. The van der Waals surface area contributed by atoms with E-state index >= 15 is 0 Å². The molecule has 0 aliphatic carbocycles. The number of benzene rings is 2. The highest BCUT2D eigenvalue weighted by Crippen LogP contribution is 2.46. The van der Waals surface area contributed by atoms with Gasteiger partial charge in [0.2, 0.25) is 0 Å². The summed E-state index contributed by atoms with van der Waals surface area (Å²) in [6.07, 6.45) is -2.18. The van der Waals surface area contributed by atoms with Crippen LogP contribution in [0.3, 0.4) is 0 Å². The molecule has 0 spiro atoms. The number of nitro benzene ring substituents is 1. The number of hydrogen-bond acceptors (Lipinski definition) is 10. The first-order valence-corrected chi connectivity index (χ1v) is 12.0. The lowest BCUT2D eigenvalue weighted by Gasteiger charge is -2.32. The van der Waals surface area contributed by atoms with E-state index in [4.69, 9.17) is 28.4 Å². The van der Waals surface area contributed by atoms with Gasteiger partial charge in [-0.3, -0.25) is 15.0 Å². The van der Waals surface area contributed by atoms with E-state index in [1.54, 1.807) is 45.0 Å². The molecule has 38 heavy (non-hydrogen) atoms. The van der Waals surface area contributed by atoms with Gasteiger partial charge >= 0.3 is 12.1 Å². The first-order chi connectivity index (χ1) is 18.2. The van der Waals surface area contributed by atoms with Crippen LogP contribution in [-0.4, -0.2) is 67.4 Å². The smallest absolute Gasteiger partial charge is 0.413 e. The summed E-state index contributed by atoms with van der Waals surface area (Å²) in [7, 11) is 1.54. The maximum atomic E-state index is 13.4. The van der Waals surface area contributed by atoms with Crippen LogP contribution in [-0.2, 0) is 35.1 Å². The summed E-state index contributed by atoms with van der Waals surface area (Å²) in [5, 5.41) is 12.0. The van der Waals surface area contributed by atoms with Gasteiger partial charge in [0.25, 0.3) is 5.69 Å². The number of nitrogens with zero attached hydrogens (tertiary/aromatic N) is 2. The Morgan fingerprint density at radius 2 is 1.84 bits per heavy atom. The van der Waals surface area contributed by atoms with E-state index in [9.17, 15) is 19.7 Å². The third-order valence-corrected chi connectivity index (χ3v) is 5.74. The van der Waals surface area contributed by atoms with E-state index in [2.05, 4.69) is 0 Å². The Bertz CT molecular complexity index is 1110. The fourth-order valence-corrected chi connectivity index (χ4v) is 4.06. The van der Waals surface area contributed by atoms with Crippen molar-refractivity contribution in [3.8, 4) is 5.75 Å². The quantitative estimate of drug-likeness (QED) is 0.130. The molecule has 1 aliphatic rings. The van der Waals surface area contributed by atoms with E-state index in [-0.39, 0.29) is 43.6 Å². The molecule has 0 saturated carbocycles. The topological polar surface area (TPSA) is 136 Å². The van der Waals surface area contributed by atoms with E-state index in [1.807, 2.05) is 6.07 Å². The molecule has 0 radical (unpaired) electrons. The predicted molar refractivity (Wildman–Crippen MR) is 133 cm³/mol. The zero-order chi connectivity index (χ0) is 27.7. The van der Waals surface area contributed by atoms with Crippen LogP contribution >= 0.6 is 0 Å². The Balaban J connectivity index is 1.99. The van der Waals surface area contributed by atoms with Crippen molar-refractivity contribution in [3.63, 3.8) is 0 Å². The fraction of sp³-hybridized carbons (Fsp3) is 0.462. The van der Waals surface area contributed by atoms with Crippen molar-refractivity contribution in [1.29, 1.82) is 0 Å². The Labute approximate surface area is 220 Å². The van der Waals surface area contributed by atoms with Crippen LogP contribution in [0, 0.1) is 10.1 Å². The van der Waals surface area contributed by atoms with Gasteiger partial charge in [0.1, 0.15) is 24.1 Å². The minimum absolute atomic E-state index is 0.0182. The van der Waals surface area contributed by atoms with Gasteiger partial charge in [0.05, 0.1) is 30.3 Å². The van der Waals surface area contributed by atoms with Crippen LogP contribution in [0.25, 0.3) is 0 Å². The van der Waals surface area contributed by atoms with Gasteiger partial charge < -0.3 is 28.4 Å². The van der Waals surface area contributed by atoms with E-state index in [0.717, 1.165) is 5.56 Å². The van der Waals surface area contributed by atoms with Gasteiger partial charge in [-0.1, -0.05) is 30.3 Å². The predicted octanol–water partition coefficient (Wildman–Crippen LogP) is 3.97. The molecule has 0 aromatic heterocycles.